The van der Waals surface area contributed by atoms with Crippen LogP contribution in [0.25, 0.3) is 22.4 Å². The van der Waals surface area contributed by atoms with Gasteiger partial charge in [0, 0.05) is 36.9 Å². The Balaban J connectivity index is 0.000000540. The van der Waals surface area contributed by atoms with E-state index < -0.39 is 0 Å². The second kappa shape index (κ2) is 14.4. The highest BCUT2D eigenvalue weighted by Gasteiger charge is 2.14. The zero-order valence-electron chi connectivity index (χ0n) is 20.6. The van der Waals surface area contributed by atoms with Gasteiger partial charge in [-0.1, -0.05) is 60.5 Å². The highest BCUT2D eigenvalue weighted by Crippen LogP contribution is 2.35. The number of nitrogens with one attached hydrogen (secondary N) is 1. The van der Waals surface area contributed by atoms with Crippen LogP contribution in [0, 0.1) is 0 Å². The minimum absolute atomic E-state index is 0.244. The van der Waals surface area contributed by atoms with E-state index in [1.807, 2.05) is 37.3 Å². The number of carbonyl (C=O) groups is 1. The number of carbonyl (C=O) groups excluding carboxylic acids is 1. The Morgan fingerprint density at radius 1 is 1.09 bits per heavy atom. The molecule has 1 N–H and O–H groups in total. The summed E-state index contributed by atoms with van der Waals surface area (Å²) in [6, 6.07) is 16.6. The fraction of sp³-hybridized carbons (Fsp3) is 0.308. The fourth-order valence-electron chi connectivity index (χ4n) is 2.82. The van der Waals surface area contributed by atoms with Crippen molar-refractivity contribution < 1.29 is 9.53 Å². The third-order valence-corrected chi connectivity index (χ3v) is 5.48. The summed E-state index contributed by atoms with van der Waals surface area (Å²) in [5.41, 5.74) is 5.83. The van der Waals surface area contributed by atoms with Gasteiger partial charge >= 0.3 is 0 Å². The number of amides is 1. The van der Waals surface area contributed by atoms with Gasteiger partial charge in [-0.3, -0.25) is 10.2 Å². The van der Waals surface area contributed by atoms with Gasteiger partial charge in [0.1, 0.15) is 11.9 Å². The molecule has 7 nitrogen and oxygen atoms in total. The number of nitrogens with zero attached hydrogens (tertiary/aromatic N) is 4. The molecule has 186 valence electrons. The number of halogens is 2. The summed E-state index contributed by atoms with van der Waals surface area (Å²) in [6.45, 7) is 7.07. The molecule has 1 amide bonds. The fourth-order valence-corrected chi connectivity index (χ4v) is 3.17. The Kier molecular flexibility index (Phi) is 11.6. The van der Waals surface area contributed by atoms with E-state index in [1.165, 1.54) is 11.1 Å². The van der Waals surface area contributed by atoms with E-state index in [2.05, 4.69) is 34.6 Å². The van der Waals surface area contributed by atoms with Crippen LogP contribution in [0.5, 0.6) is 0 Å². The second-order valence-corrected chi connectivity index (χ2v) is 8.60. The smallest absolute Gasteiger partial charge is 0.266 e. The molecule has 3 rings (SSSR count). The van der Waals surface area contributed by atoms with Crippen LogP contribution in [0.3, 0.4) is 0 Å². The molecule has 1 atom stereocenters. The highest BCUT2D eigenvalue weighted by atomic mass is 35.5. The Labute approximate surface area is 217 Å². The third kappa shape index (κ3) is 8.94. The van der Waals surface area contributed by atoms with Crippen molar-refractivity contribution in [1.29, 1.82) is 0 Å². The van der Waals surface area contributed by atoms with Gasteiger partial charge in [0.2, 0.25) is 0 Å². The van der Waals surface area contributed by atoms with Crippen LogP contribution >= 0.6 is 23.2 Å². The molecule has 1 unspecified atom stereocenters. The highest BCUT2D eigenvalue weighted by molar-refractivity contribution is 6.33. The van der Waals surface area contributed by atoms with Gasteiger partial charge in [-0.05, 0) is 50.1 Å². The molecule has 2 aromatic carbocycles. The molecule has 0 bridgehead atoms. The lowest BCUT2D eigenvalue weighted by Gasteiger charge is -2.11. The van der Waals surface area contributed by atoms with Crippen molar-refractivity contribution in [2.45, 2.75) is 33.3 Å². The van der Waals surface area contributed by atoms with E-state index in [1.54, 1.807) is 38.4 Å². The van der Waals surface area contributed by atoms with Crippen molar-refractivity contribution in [3.8, 4) is 22.4 Å². The van der Waals surface area contributed by atoms with E-state index in [4.69, 9.17) is 27.9 Å². The molecular formula is C26H31Cl2N5O2. The number of benzene rings is 2. The molecule has 0 saturated heterocycles. The van der Waals surface area contributed by atoms with Crippen LogP contribution in [0.2, 0.25) is 10.0 Å². The molecule has 0 radical (unpaired) electrons. The third-order valence-electron chi connectivity index (χ3n) is 4.90. The first-order chi connectivity index (χ1) is 16.8. The van der Waals surface area contributed by atoms with Gasteiger partial charge in [0.25, 0.3) is 5.91 Å². The summed E-state index contributed by atoms with van der Waals surface area (Å²) in [4.78, 5) is 13.0. The first kappa shape index (κ1) is 28.2. The zero-order chi connectivity index (χ0) is 25.8. The van der Waals surface area contributed by atoms with Crippen LogP contribution in [-0.2, 0) is 9.53 Å². The van der Waals surface area contributed by atoms with Crippen molar-refractivity contribution in [3.63, 3.8) is 0 Å². The van der Waals surface area contributed by atoms with E-state index in [-0.39, 0.29) is 5.91 Å². The number of aromatic nitrogens is 2. The maximum atomic E-state index is 11.6. The number of hydrazone groups is 1. The summed E-state index contributed by atoms with van der Waals surface area (Å²) in [5, 5.41) is 13.6. The Bertz CT molecular complexity index is 1120. The molecule has 0 fully saturated rings. The topological polar surface area (TPSA) is 79.7 Å². The predicted molar refractivity (Wildman–Crippen MR) is 145 cm³/mol. The van der Waals surface area contributed by atoms with Crippen LogP contribution in [-0.4, -0.2) is 54.0 Å². The zero-order valence-corrected chi connectivity index (χ0v) is 22.1. The van der Waals surface area contributed by atoms with Gasteiger partial charge in [0.15, 0.2) is 5.82 Å². The summed E-state index contributed by atoms with van der Waals surface area (Å²) >= 11 is 12.4. The monoisotopic (exact) mass is 515 g/mol. The largest absolute Gasteiger partial charge is 0.379 e. The summed E-state index contributed by atoms with van der Waals surface area (Å²) in [5.74, 6) is 0.148. The van der Waals surface area contributed by atoms with E-state index in [0.717, 1.165) is 29.7 Å². The van der Waals surface area contributed by atoms with Gasteiger partial charge in [-0.25, -0.2) is 0 Å². The second-order valence-electron chi connectivity index (χ2n) is 7.76. The molecule has 0 spiro atoms. The maximum absolute atomic E-state index is 11.6. The van der Waals surface area contributed by atoms with Crippen LogP contribution < -0.4 is 5.43 Å². The normalized spacial score (nSPS) is 11.5. The van der Waals surface area contributed by atoms with Crippen molar-refractivity contribution in [2.75, 3.05) is 26.1 Å². The number of ether oxygens (including phenoxy) is 1. The van der Waals surface area contributed by atoms with Crippen molar-refractivity contribution in [3.05, 3.63) is 64.6 Å². The number of hydrogen-bond donors (Lipinski definition) is 1. The Hall–Kier alpha value is -3.00. The first-order valence-corrected chi connectivity index (χ1v) is 12.0. The molecule has 0 aliphatic carbocycles. The standard InChI is InChI=1S/C20H17Cl2N5O.C6H14O/c1-27(2)19(28)12-23-24-18-11-16(13-7-9-14(21)10-8-13)20(26-25-18)15-5-3-4-6-17(15)22;1-4-6(3)7-5-2/h3-12H,1-2H3,(H,24,25);6H,4-5H2,1-3H3/b23-12+;. The molecule has 0 saturated carbocycles. The number of rotatable bonds is 8. The molecular weight excluding hydrogens is 485 g/mol. The van der Waals surface area contributed by atoms with E-state index in [0.29, 0.717) is 27.7 Å². The van der Waals surface area contributed by atoms with Crippen LogP contribution in [0.4, 0.5) is 5.82 Å². The lowest BCUT2D eigenvalue weighted by atomic mass is 10.00. The lowest BCUT2D eigenvalue weighted by molar-refractivity contribution is -0.121. The lowest BCUT2D eigenvalue weighted by Crippen LogP contribution is -2.22. The minimum atomic E-state index is -0.244. The van der Waals surface area contributed by atoms with Crippen molar-refractivity contribution >= 4 is 41.1 Å². The summed E-state index contributed by atoms with van der Waals surface area (Å²) in [6.07, 6.45) is 2.74. The maximum Gasteiger partial charge on any atom is 0.266 e. The molecule has 3 aromatic rings. The Morgan fingerprint density at radius 3 is 2.34 bits per heavy atom. The average Bonchev–Trinajstić information content (AvgIpc) is 2.85. The van der Waals surface area contributed by atoms with Gasteiger partial charge < -0.3 is 9.64 Å². The van der Waals surface area contributed by atoms with E-state index in [9.17, 15) is 4.79 Å². The molecule has 1 heterocycles. The van der Waals surface area contributed by atoms with Gasteiger partial charge in [-0.15, -0.1) is 10.2 Å². The number of hydrogen-bond acceptors (Lipinski definition) is 6. The predicted octanol–water partition coefficient (Wildman–Crippen LogP) is 6.42. The van der Waals surface area contributed by atoms with Crippen LogP contribution in [0.1, 0.15) is 27.2 Å². The summed E-state index contributed by atoms with van der Waals surface area (Å²) in [7, 11) is 3.29. The molecule has 35 heavy (non-hydrogen) atoms. The molecule has 9 heteroatoms. The minimum Gasteiger partial charge on any atom is -0.379 e. The van der Waals surface area contributed by atoms with Crippen molar-refractivity contribution in [2.24, 2.45) is 5.10 Å². The summed E-state index contributed by atoms with van der Waals surface area (Å²) < 4.78 is 5.19. The van der Waals surface area contributed by atoms with Crippen LogP contribution in [0.15, 0.2) is 59.7 Å². The molecule has 0 aliphatic rings. The SMILES string of the molecule is CCOC(C)CC.CN(C)C(=O)/C=N/Nc1cc(-c2ccc(Cl)cc2)c(-c2ccccc2Cl)nn1. The first-order valence-electron chi connectivity index (χ1n) is 11.3. The van der Waals surface area contributed by atoms with E-state index >= 15 is 0 Å². The average molecular weight is 516 g/mol. The Morgan fingerprint density at radius 2 is 1.77 bits per heavy atom. The number of anilines is 1. The molecule has 1 aromatic heterocycles. The van der Waals surface area contributed by atoms with Crippen molar-refractivity contribution in [1.82, 2.24) is 15.1 Å². The van der Waals surface area contributed by atoms with Gasteiger partial charge in [-0.2, -0.15) is 5.10 Å². The molecule has 0 aliphatic heterocycles. The quantitative estimate of drug-likeness (QED) is 0.276. The van der Waals surface area contributed by atoms with Gasteiger partial charge in [0.05, 0.1) is 11.1 Å².